The standard InChI is InChI=1S/C20H31N7.HI/c1-3-21-20(23-10-13-27-15-17(2)14-24-27)25-18-7-11-26(12-8-18)16-19-6-4-5-9-22-19;/h4-6,9,14-15,18H,3,7-8,10-13,16H2,1-2H3,(H2,21,23,25);1H. The molecule has 0 spiro atoms. The molecule has 154 valence electrons. The second kappa shape index (κ2) is 12.0. The summed E-state index contributed by atoms with van der Waals surface area (Å²) in [5, 5.41) is 11.3. The maximum Gasteiger partial charge on any atom is 0.191 e. The number of pyridine rings is 1. The Hall–Kier alpha value is -1.68. The number of aliphatic imine (C=N–C) groups is 1. The van der Waals surface area contributed by atoms with E-state index < -0.39 is 0 Å². The minimum Gasteiger partial charge on any atom is -0.357 e. The van der Waals surface area contributed by atoms with Gasteiger partial charge in [0.1, 0.15) is 0 Å². The van der Waals surface area contributed by atoms with E-state index in [9.17, 15) is 0 Å². The average Bonchev–Trinajstić information content (AvgIpc) is 3.09. The predicted octanol–water partition coefficient (Wildman–Crippen LogP) is 2.42. The van der Waals surface area contributed by atoms with Crippen molar-refractivity contribution < 1.29 is 0 Å². The fourth-order valence-electron chi connectivity index (χ4n) is 3.32. The second-order valence-corrected chi connectivity index (χ2v) is 7.06. The van der Waals surface area contributed by atoms with Crippen LogP contribution in [-0.2, 0) is 13.1 Å². The first-order valence-corrected chi connectivity index (χ1v) is 9.89. The van der Waals surface area contributed by atoms with Crippen molar-refractivity contribution in [3.8, 4) is 0 Å². The number of hydrogen-bond acceptors (Lipinski definition) is 4. The summed E-state index contributed by atoms with van der Waals surface area (Å²) in [6.07, 6.45) is 8.04. The fourth-order valence-corrected chi connectivity index (χ4v) is 3.32. The number of aromatic nitrogens is 3. The monoisotopic (exact) mass is 497 g/mol. The summed E-state index contributed by atoms with van der Waals surface area (Å²) in [5.41, 5.74) is 2.33. The first-order valence-electron chi connectivity index (χ1n) is 9.89. The van der Waals surface area contributed by atoms with Crippen LogP contribution in [0.25, 0.3) is 0 Å². The molecule has 3 heterocycles. The number of aryl methyl sites for hydroxylation is 1. The molecule has 0 atom stereocenters. The molecule has 0 bridgehead atoms. The predicted molar refractivity (Wildman–Crippen MR) is 124 cm³/mol. The maximum absolute atomic E-state index is 4.71. The summed E-state index contributed by atoms with van der Waals surface area (Å²) in [6.45, 7) is 9.64. The molecule has 28 heavy (non-hydrogen) atoms. The zero-order valence-electron chi connectivity index (χ0n) is 16.8. The fraction of sp³-hybridized carbons (Fsp3) is 0.550. The van der Waals surface area contributed by atoms with Crippen molar-refractivity contribution in [2.24, 2.45) is 4.99 Å². The summed E-state index contributed by atoms with van der Waals surface area (Å²) in [5.74, 6) is 0.907. The maximum atomic E-state index is 4.71. The third-order valence-electron chi connectivity index (χ3n) is 4.75. The molecule has 0 aliphatic carbocycles. The van der Waals surface area contributed by atoms with Crippen LogP contribution in [-0.4, -0.2) is 57.8 Å². The van der Waals surface area contributed by atoms with Crippen molar-refractivity contribution in [3.63, 3.8) is 0 Å². The zero-order valence-corrected chi connectivity index (χ0v) is 19.2. The number of likely N-dealkylation sites (tertiary alicyclic amines) is 1. The lowest BCUT2D eigenvalue weighted by Gasteiger charge is -2.32. The van der Waals surface area contributed by atoms with E-state index in [4.69, 9.17) is 4.99 Å². The van der Waals surface area contributed by atoms with Crippen LogP contribution in [0.1, 0.15) is 31.0 Å². The molecular weight excluding hydrogens is 465 g/mol. The van der Waals surface area contributed by atoms with E-state index in [0.717, 1.165) is 63.8 Å². The van der Waals surface area contributed by atoms with E-state index in [-0.39, 0.29) is 24.0 Å². The lowest BCUT2D eigenvalue weighted by Crippen LogP contribution is -2.48. The van der Waals surface area contributed by atoms with Gasteiger partial charge in [-0.25, -0.2) is 0 Å². The molecule has 8 heteroatoms. The normalized spacial score (nSPS) is 15.9. The van der Waals surface area contributed by atoms with Crippen LogP contribution in [0.2, 0.25) is 0 Å². The number of rotatable bonds is 7. The van der Waals surface area contributed by atoms with Crippen LogP contribution >= 0.6 is 24.0 Å². The Balaban J connectivity index is 0.00000280. The lowest BCUT2D eigenvalue weighted by atomic mass is 10.0. The summed E-state index contributed by atoms with van der Waals surface area (Å²) in [7, 11) is 0. The second-order valence-electron chi connectivity index (χ2n) is 7.06. The van der Waals surface area contributed by atoms with Crippen LogP contribution in [0.5, 0.6) is 0 Å². The van der Waals surface area contributed by atoms with Crippen molar-refractivity contribution in [3.05, 3.63) is 48.0 Å². The van der Waals surface area contributed by atoms with E-state index in [1.807, 2.05) is 29.3 Å². The molecule has 3 rings (SSSR count). The smallest absolute Gasteiger partial charge is 0.191 e. The van der Waals surface area contributed by atoms with Crippen LogP contribution < -0.4 is 10.6 Å². The number of piperidine rings is 1. The molecule has 2 N–H and O–H groups in total. The summed E-state index contributed by atoms with van der Waals surface area (Å²) >= 11 is 0. The quantitative estimate of drug-likeness (QED) is 0.350. The minimum absolute atomic E-state index is 0. The van der Waals surface area contributed by atoms with Gasteiger partial charge in [0.2, 0.25) is 0 Å². The molecule has 0 saturated carbocycles. The van der Waals surface area contributed by atoms with E-state index >= 15 is 0 Å². The number of nitrogens with zero attached hydrogens (tertiary/aromatic N) is 5. The Morgan fingerprint density at radius 3 is 2.75 bits per heavy atom. The molecule has 1 saturated heterocycles. The van der Waals surface area contributed by atoms with Gasteiger partial charge >= 0.3 is 0 Å². The van der Waals surface area contributed by atoms with Crippen molar-refractivity contribution in [2.45, 2.75) is 45.8 Å². The van der Waals surface area contributed by atoms with Crippen molar-refractivity contribution in [1.29, 1.82) is 0 Å². The Labute approximate surface area is 185 Å². The van der Waals surface area contributed by atoms with E-state index in [2.05, 4.69) is 51.6 Å². The molecular formula is C20H32IN7. The third kappa shape index (κ3) is 7.38. The molecule has 2 aromatic rings. The van der Waals surface area contributed by atoms with E-state index in [0.29, 0.717) is 6.04 Å². The first-order chi connectivity index (χ1) is 13.2. The first kappa shape index (κ1) is 22.6. The van der Waals surface area contributed by atoms with Crippen LogP contribution in [0.15, 0.2) is 41.8 Å². The molecule has 0 unspecified atom stereocenters. The summed E-state index contributed by atoms with van der Waals surface area (Å²) in [4.78, 5) is 11.6. The number of nitrogens with one attached hydrogen (secondary N) is 2. The van der Waals surface area contributed by atoms with Gasteiger partial charge in [-0.15, -0.1) is 24.0 Å². The van der Waals surface area contributed by atoms with Gasteiger partial charge in [0.15, 0.2) is 5.96 Å². The van der Waals surface area contributed by atoms with Gasteiger partial charge in [-0.05, 0) is 44.4 Å². The molecule has 7 nitrogen and oxygen atoms in total. The van der Waals surface area contributed by atoms with Crippen molar-refractivity contribution >= 4 is 29.9 Å². The molecule has 1 aliphatic rings. The lowest BCUT2D eigenvalue weighted by molar-refractivity contribution is 0.196. The van der Waals surface area contributed by atoms with Gasteiger partial charge in [-0.3, -0.25) is 19.6 Å². The highest BCUT2D eigenvalue weighted by Gasteiger charge is 2.20. The van der Waals surface area contributed by atoms with E-state index in [1.54, 1.807) is 0 Å². The molecule has 0 amide bonds. The van der Waals surface area contributed by atoms with Gasteiger partial charge in [0.05, 0.1) is 25.0 Å². The molecule has 0 radical (unpaired) electrons. The zero-order chi connectivity index (χ0) is 18.9. The van der Waals surface area contributed by atoms with E-state index in [1.165, 1.54) is 5.56 Å². The van der Waals surface area contributed by atoms with Crippen LogP contribution in [0, 0.1) is 6.92 Å². The molecule has 1 fully saturated rings. The van der Waals surface area contributed by atoms with Gasteiger partial charge in [0.25, 0.3) is 0 Å². The SMILES string of the molecule is CCNC(=NCCn1cc(C)cn1)NC1CCN(Cc2ccccn2)CC1.I. The summed E-state index contributed by atoms with van der Waals surface area (Å²) < 4.78 is 1.94. The van der Waals surface area contributed by atoms with Gasteiger partial charge < -0.3 is 10.6 Å². The number of hydrogen-bond donors (Lipinski definition) is 2. The highest BCUT2D eigenvalue weighted by atomic mass is 127. The Morgan fingerprint density at radius 1 is 1.29 bits per heavy atom. The van der Waals surface area contributed by atoms with Crippen molar-refractivity contribution in [1.82, 2.24) is 30.3 Å². The van der Waals surface area contributed by atoms with Gasteiger partial charge in [-0.1, -0.05) is 6.07 Å². The third-order valence-corrected chi connectivity index (χ3v) is 4.75. The molecule has 2 aromatic heterocycles. The number of halogens is 1. The molecule has 0 aromatic carbocycles. The molecule has 1 aliphatic heterocycles. The van der Waals surface area contributed by atoms with Gasteiger partial charge in [-0.2, -0.15) is 5.10 Å². The summed E-state index contributed by atoms with van der Waals surface area (Å²) in [6, 6.07) is 6.59. The van der Waals surface area contributed by atoms with Gasteiger partial charge in [0, 0.05) is 44.6 Å². The Kier molecular flexibility index (Phi) is 9.69. The number of guanidine groups is 1. The highest BCUT2D eigenvalue weighted by molar-refractivity contribution is 14.0. The highest BCUT2D eigenvalue weighted by Crippen LogP contribution is 2.12. The van der Waals surface area contributed by atoms with Crippen LogP contribution in [0.3, 0.4) is 0 Å². The minimum atomic E-state index is 0. The largest absolute Gasteiger partial charge is 0.357 e. The van der Waals surface area contributed by atoms with Crippen molar-refractivity contribution in [2.75, 3.05) is 26.2 Å². The topological polar surface area (TPSA) is 70.4 Å². The van der Waals surface area contributed by atoms with Crippen LogP contribution in [0.4, 0.5) is 0 Å². The Bertz CT molecular complexity index is 708. The Morgan fingerprint density at radius 2 is 2.11 bits per heavy atom. The average molecular weight is 497 g/mol.